The second-order valence-corrected chi connectivity index (χ2v) is 6.19. The van der Waals surface area contributed by atoms with Gasteiger partial charge in [-0.25, -0.2) is 0 Å². The van der Waals surface area contributed by atoms with Gasteiger partial charge in [0.2, 0.25) is 5.91 Å². The normalized spacial score (nSPS) is 29.2. The monoisotopic (exact) mass is 243 g/mol. The van der Waals surface area contributed by atoms with Crippen LogP contribution in [0.2, 0.25) is 0 Å². The van der Waals surface area contributed by atoms with Crippen LogP contribution in [-0.2, 0) is 4.79 Å². The van der Waals surface area contributed by atoms with Crippen molar-refractivity contribution >= 4 is 11.6 Å². The van der Waals surface area contributed by atoms with Crippen molar-refractivity contribution in [2.24, 2.45) is 17.8 Å². The van der Waals surface area contributed by atoms with Crippen molar-refractivity contribution in [3.8, 4) is 0 Å². The summed E-state index contributed by atoms with van der Waals surface area (Å²) in [5, 5.41) is 3.08. The molecule has 0 bridgehead atoms. The minimum Gasteiger partial charge on any atom is -0.326 e. The fourth-order valence-electron chi connectivity index (χ4n) is 3.15. The van der Waals surface area contributed by atoms with Crippen molar-refractivity contribution in [2.75, 3.05) is 5.32 Å². The molecular formula is C16H21NO. The summed E-state index contributed by atoms with van der Waals surface area (Å²) in [5.74, 6) is 2.71. The zero-order valence-electron chi connectivity index (χ0n) is 11.1. The number of fused-ring (bicyclic) bond motifs is 1. The summed E-state index contributed by atoms with van der Waals surface area (Å²) in [6, 6.07) is 8.22. The van der Waals surface area contributed by atoms with Gasteiger partial charge >= 0.3 is 0 Å². The molecule has 1 N–H and O–H groups in total. The predicted molar refractivity (Wildman–Crippen MR) is 73.5 cm³/mol. The second-order valence-electron chi connectivity index (χ2n) is 6.19. The third-order valence-electron chi connectivity index (χ3n) is 4.44. The summed E-state index contributed by atoms with van der Waals surface area (Å²) in [5.41, 5.74) is 2.23. The van der Waals surface area contributed by atoms with E-state index in [1.165, 1.54) is 12.0 Å². The Morgan fingerprint density at radius 2 is 1.94 bits per heavy atom. The quantitative estimate of drug-likeness (QED) is 0.859. The van der Waals surface area contributed by atoms with Crippen LogP contribution in [0.5, 0.6) is 0 Å². The molecule has 0 saturated heterocycles. The molecule has 2 heteroatoms. The van der Waals surface area contributed by atoms with E-state index in [9.17, 15) is 4.79 Å². The summed E-state index contributed by atoms with van der Waals surface area (Å²) < 4.78 is 0. The number of hydrogen-bond acceptors (Lipinski definition) is 1. The lowest BCUT2D eigenvalue weighted by Gasteiger charge is -2.13. The zero-order valence-corrected chi connectivity index (χ0v) is 11.1. The highest BCUT2D eigenvalue weighted by atomic mass is 16.1. The Labute approximate surface area is 109 Å². The Morgan fingerprint density at radius 3 is 2.61 bits per heavy atom. The minimum absolute atomic E-state index is 0.225. The number of amides is 1. The first-order valence-corrected chi connectivity index (χ1v) is 7.04. The van der Waals surface area contributed by atoms with E-state index in [-0.39, 0.29) is 11.8 Å². The molecule has 2 unspecified atom stereocenters. The predicted octanol–water partition coefficient (Wildman–Crippen LogP) is 3.79. The molecule has 96 valence electrons. The maximum atomic E-state index is 12.2. The van der Waals surface area contributed by atoms with Gasteiger partial charge in [0.15, 0.2) is 0 Å². The molecule has 2 nitrogen and oxygen atoms in total. The van der Waals surface area contributed by atoms with Crippen LogP contribution in [-0.4, -0.2) is 5.91 Å². The van der Waals surface area contributed by atoms with Gasteiger partial charge in [-0.05, 0) is 54.7 Å². The van der Waals surface area contributed by atoms with Gasteiger partial charge in [0.25, 0.3) is 0 Å². The fraction of sp³-hybridized carbons (Fsp3) is 0.562. The summed E-state index contributed by atoms with van der Waals surface area (Å²) in [4.78, 5) is 12.2. The van der Waals surface area contributed by atoms with Crippen molar-refractivity contribution in [3.63, 3.8) is 0 Å². The number of hydrogen-bond donors (Lipinski definition) is 1. The van der Waals surface area contributed by atoms with Gasteiger partial charge < -0.3 is 5.32 Å². The summed E-state index contributed by atoms with van der Waals surface area (Å²) in [6.07, 6.45) is 3.59. The molecule has 2 saturated carbocycles. The lowest BCUT2D eigenvalue weighted by molar-refractivity contribution is -0.120. The molecule has 1 aromatic rings. The maximum Gasteiger partial charge on any atom is 0.227 e. The number of carbonyl (C=O) groups excluding carboxylic acids is 1. The van der Waals surface area contributed by atoms with Crippen LogP contribution >= 0.6 is 0 Å². The van der Waals surface area contributed by atoms with Crippen LogP contribution in [0.15, 0.2) is 24.3 Å². The molecular weight excluding hydrogens is 222 g/mol. The van der Waals surface area contributed by atoms with E-state index in [2.05, 4.69) is 31.3 Å². The first kappa shape index (κ1) is 11.8. The summed E-state index contributed by atoms with van der Waals surface area (Å²) in [7, 11) is 0. The largest absolute Gasteiger partial charge is 0.326 e. The number of nitrogens with one attached hydrogen (secondary N) is 1. The Bertz CT molecular complexity index is 456. The second kappa shape index (κ2) is 4.42. The zero-order chi connectivity index (χ0) is 12.7. The molecule has 2 fully saturated rings. The Balaban J connectivity index is 1.64. The molecule has 1 amide bonds. The number of rotatable bonds is 3. The lowest BCUT2D eigenvalue weighted by atomic mass is 10.0. The highest BCUT2D eigenvalue weighted by Gasteiger charge is 2.47. The molecule has 0 radical (unpaired) electrons. The highest BCUT2D eigenvalue weighted by molar-refractivity contribution is 5.92. The fourth-order valence-corrected chi connectivity index (χ4v) is 3.15. The van der Waals surface area contributed by atoms with E-state index in [4.69, 9.17) is 0 Å². The third-order valence-corrected chi connectivity index (χ3v) is 4.44. The van der Waals surface area contributed by atoms with E-state index in [1.807, 2.05) is 12.1 Å². The average molecular weight is 243 g/mol. The smallest absolute Gasteiger partial charge is 0.227 e. The van der Waals surface area contributed by atoms with E-state index in [0.29, 0.717) is 5.92 Å². The first-order valence-electron chi connectivity index (χ1n) is 7.04. The van der Waals surface area contributed by atoms with Crippen LogP contribution < -0.4 is 5.32 Å². The lowest BCUT2D eigenvalue weighted by Crippen LogP contribution is -2.21. The molecule has 0 spiro atoms. The maximum absolute atomic E-state index is 12.2. The van der Waals surface area contributed by atoms with Crippen LogP contribution in [0.4, 0.5) is 5.69 Å². The van der Waals surface area contributed by atoms with Crippen LogP contribution in [0, 0.1) is 17.8 Å². The van der Waals surface area contributed by atoms with Crippen molar-refractivity contribution in [1.29, 1.82) is 0 Å². The van der Waals surface area contributed by atoms with Gasteiger partial charge in [0, 0.05) is 11.6 Å². The van der Waals surface area contributed by atoms with Crippen molar-refractivity contribution in [3.05, 3.63) is 29.8 Å². The van der Waals surface area contributed by atoms with E-state index < -0.39 is 0 Å². The van der Waals surface area contributed by atoms with Gasteiger partial charge in [-0.1, -0.05) is 26.0 Å². The molecule has 0 aliphatic heterocycles. The van der Waals surface area contributed by atoms with Gasteiger partial charge in [0.05, 0.1) is 0 Å². The Kier molecular flexibility index (Phi) is 2.89. The molecule has 18 heavy (non-hydrogen) atoms. The highest BCUT2D eigenvalue weighted by Crippen LogP contribution is 2.54. The van der Waals surface area contributed by atoms with Crippen molar-refractivity contribution in [2.45, 2.75) is 39.0 Å². The summed E-state index contributed by atoms with van der Waals surface area (Å²) >= 11 is 0. The first-order chi connectivity index (χ1) is 8.63. The molecule has 2 aliphatic carbocycles. The third kappa shape index (κ3) is 2.29. The van der Waals surface area contributed by atoms with E-state index >= 15 is 0 Å². The minimum atomic E-state index is 0.225. The van der Waals surface area contributed by atoms with E-state index in [1.54, 1.807) is 0 Å². The van der Waals surface area contributed by atoms with Gasteiger partial charge in [-0.15, -0.1) is 0 Å². The molecule has 2 atom stereocenters. The van der Waals surface area contributed by atoms with Gasteiger partial charge in [-0.2, -0.15) is 0 Å². The Morgan fingerprint density at radius 1 is 1.22 bits per heavy atom. The summed E-state index contributed by atoms with van der Waals surface area (Å²) in [6.45, 7) is 4.34. The van der Waals surface area contributed by atoms with Crippen LogP contribution in [0.3, 0.4) is 0 Å². The van der Waals surface area contributed by atoms with Crippen LogP contribution in [0.25, 0.3) is 0 Å². The van der Waals surface area contributed by atoms with Crippen molar-refractivity contribution < 1.29 is 4.79 Å². The topological polar surface area (TPSA) is 29.1 Å². The Hall–Kier alpha value is -1.31. The number of benzene rings is 1. The molecule has 0 heterocycles. The average Bonchev–Trinajstić information content (AvgIpc) is 2.96. The SMILES string of the molecule is CC(C)c1cccc(NC(=O)C2CC3CC3C2)c1. The molecule has 3 rings (SSSR count). The van der Waals surface area contributed by atoms with Crippen molar-refractivity contribution in [1.82, 2.24) is 0 Å². The van der Waals surface area contributed by atoms with E-state index in [0.717, 1.165) is 30.4 Å². The number of anilines is 1. The molecule has 1 aromatic carbocycles. The molecule has 2 aliphatic rings. The molecule has 0 aromatic heterocycles. The van der Waals surface area contributed by atoms with Gasteiger partial charge in [0.1, 0.15) is 0 Å². The number of carbonyl (C=O) groups is 1. The van der Waals surface area contributed by atoms with Gasteiger partial charge in [-0.3, -0.25) is 4.79 Å². The van der Waals surface area contributed by atoms with Crippen LogP contribution in [0.1, 0.15) is 44.6 Å². The standard InChI is InChI=1S/C16H21NO/c1-10(2)11-4-3-5-15(9-11)17-16(18)14-7-12-6-13(12)8-14/h3-5,9-10,12-14H,6-8H2,1-2H3,(H,17,18).